The smallest absolute Gasteiger partial charge is 0.264 e. The molecule has 0 saturated carbocycles. The molecular formula is C29H47N4O4SSi+. The van der Waals surface area contributed by atoms with E-state index in [1.165, 1.54) is 5.57 Å². The third-order valence-corrected chi connectivity index (χ3v) is 12.8. The van der Waals surface area contributed by atoms with Crippen LogP contribution >= 0.6 is 0 Å². The van der Waals surface area contributed by atoms with Crippen molar-refractivity contribution in [2.45, 2.75) is 71.2 Å². The van der Waals surface area contributed by atoms with Crippen LogP contribution in [0.2, 0.25) is 18.1 Å². The van der Waals surface area contributed by atoms with E-state index in [4.69, 9.17) is 9.42 Å². The molecule has 0 amide bonds. The Morgan fingerprint density at radius 1 is 1.15 bits per heavy atom. The Morgan fingerprint density at radius 2 is 1.87 bits per heavy atom. The van der Waals surface area contributed by atoms with E-state index in [9.17, 15) is 13.0 Å². The lowest BCUT2D eigenvalue weighted by Gasteiger charge is -2.36. The maximum Gasteiger partial charge on any atom is 0.264 e. The average molecular weight is 576 g/mol. The molecule has 0 unspecified atom stereocenters. The predicted molar refractivity (Wildman–Crippen MR) is 163 cm³/mol. The fourth-order valence-corrected chi connectivity index (χ4v) is 5.68. The van der Waals surface area contributed by atoms with Crippen LogP contribution in [0.1, 0.15) is 62.7 Å². The highest BCUT2D eigenvalue weighted by Crippen LogP contribution is 2.37. The van der Waals surface area contributed by atoms with Crippen LogP contribution in [-0.4, -0.2) is 74.9 Å². The topological polar surface area (TPSA) is 108 Å². The van der Waals surface area contributed by atoms with Crippen LogP contribution < -0.4 is 0 Å². The summed E-state index contributed by atoms with van der Waals surface area (Å²) < 4.78 is 39.3. The summed E-state index contributed by atoms with van der Waals surface area (Å²) in [6, 6.07) is 6.05. The second-order valence-corrected chi connectivity index (χ2v) is 19.5. The maximum absolute atomic E-state index is 11.4. The number of aliphatic imine (C=N–C) groups is 1. The van der Waals surface area contributed by atoms with Crippen molar-refractivity contribution >= 4 is 30.2 Å². The number of hydrogen-bond donors (Lipinski definition) is 3. The minimum absolute atomic E-state index is 0.0982. The summed E-state index contributed by atoms with van der Waals surface area (Å²) in [5.41, 5.74) is 6.84. The predicted octanol–water partition coefficient (Wildman–Crippen LogP) is 5.94. The first kappa shape index (κ1) is 31.3. The van der Waals surface area contributed by atoms with E-state index < -0.39 is 18.4 Å². The third-order valence-electron chi connectivity index (χ3n) is 7.54. The molecule has 39 heavy (non-hydrogen) atoms. The number of nitrogens with zero attached hydrogens (tertiary/aromatic N) is 2. The van der Waals surface area contributed by atoms with Crippen LogP contribution in [0.3, 0.4) is 0 Å². The van der Waals surface area contributed by atoms with Gasteiger partial charge < -0.3 is 18.9 Å². The average Bonchev–Trinajstić information content (AvgIpc) is 3.51. The molecule has 3 rings (SSSR count). The molecule has 1 aliphatic rings. The van der Waals surface area contributed by atoms with E-state index in [1.54, 1.807) is 0 Å². The molecule has 1 aliphatic heterocycles. The Balaban J connectivity index is 1.92. The van der Waals surface area contributed by atoms with Crippen molar-refractivity contribution in [1.29, 1.82) is 0 Å². The summed E-state index contributed by atoms with van der Waals surface area (Å²) in [5, 5.41) is 0.0982. The van der Waals surface area contributed by atoms with Crippen molar-refractivity contribution in [3.63, 3.8) is 0 Å². The first-order valence-corrected chi connectivity index (χ1v) is 18.2. The Hall–Kier alpha value is -2.24. The van der Waals surface area contributed by atoms with Gasteiger partial charge in [0.15, 0.2) is 8.32 Å². The summed E-state index contributed by atoms with van der Waals surface area (Å²) in [5.74, 6) is -0.269. The van der Waals surface area contributed by atoms with Gasteiger partial charge in [-0.25, -0.2) is 4.99 Å². The standard InChI is InChI=1S/C29H46N4O4SSi/c1-29(2,3)39(7,8)37-21-24-18-22(13-11-17-38(34,35)36)26(31-24)20-27-23(12-10-16-33(4,5)6)19-28(32-27)25-14-9-15-30-25/h9,14-15,18-20,30-31H,10-13,16-17,21H2,1-8H3/p+1. The zero-order valence-corrected chi connectivity index (χ0v) is 26.7. The minimum atomic E-state index is -4.01. The van der Waals surface area contributed by atoms with Gasteiger partial charge in [0.1, 0.15) is 0 Å². The van der Waals surface area contributed by atoms with Crippen LogP contribution in [0.4, 0.5) is 0 Å². The number of aromatic nitrogens is 2. The highest BCUT2D eigenvalue weighted by atomic mass is 32.2. The molecule has 3 N–H and O–H groups in total. The lowest BCUT2D eigenvalue weighted by Crippen LogP contribution is -2.40. The van der Waals surface area contributed by atoms with Gasteiger partial charge in [0.2, 0.25) is 0 Å². The minimum Gasteiger partial charge on any atom is -0.411 e. The first-order chi connectivity index (χ1) is 17.9. The number of aromatic amines is 2. The first-order valence-electron chi connectivity index (χ1n) is 13.7. The van der Waals surface area contributed by atoms with Crippen molar-refractivity contribution in [3.8, 4) is 0 Å². The van der Waals surface area contributed by atoms with Crippen molar-refractivity contribution in [2.24, 2.45) is 4.99 Å². The van der Waals surface area contributed by atoms with Crippen molar-refractivity contribution in [3.05, 3.63) is 64.4 Å². The van der Waals surface area contributed by atoms with Crippen LogP contribution in [-0.2, 0) is 27.6 Å². The van der Waals surface area contributed by atoms with Gasteiger partial charge in [-0.15, -0.1) is 0 Å². The number of quaternary nitrogens is 1. The Bertz CT molecular complexity index is 1320. The molecule has 216 valence electrons. The van der Waals surface area contributed by atoms with Gasteiger partial charge >= 0.3 is 0 Å². The summed E-state index contributed by atoms with van der Waals surface area (Å²) in [4.78, 5) is 11.8. The second-order valence-electron chi connectivity index (χ2n) is 13.1. The van der Waals surface area contributed by atoms with E-state index in [2.05, 4.69) is 83.2 Å². The number of nitrogens with one attached hydrogen (secondary N) is 2. The zero-order valence-electron chi connectivity index (χ0n) is 24.9. The lowest BCUT2D eigenvalue weighted by molar-refractivity contribution is -0.870. The van der Waals surface area contributed by atoms with E-state index >= 15 is 0 Å². The Morgan fingerprint density at radius 3 is 2.46 bits per heavy atom. The van der Waals surface area contributed by atoms with Crippen LogP contribution in [0, 0.1) is 0 Å². The quantitative estimate of drug-likeness (QED) is 0.156. The molecule has 0 saturated heterocycles. The fraction of sp³-hybridized carbons (Fsp3) is 0.552. The largest absolute Gasteiger partial charge is 0.411 e. The highest BCUT2D eigenvalue weighted by Gasteiger charge is 2.37. The van der Waals surface area contributed by atoms with E-state index in [1.807, 2.05) is 18.3 Å². The van der Waals surface area contributed by atoms with Crippen molar-refractivity contribution < 1.29 is 21.9 Å². The Kier molecular flexibility index (Phi) is 9.70. The maximum atomic E-state index is 11.4. The molecular weight excluding hydrogens is 528 g/mol. The van der Waals surface area contributed by atoms with Crippen molar-refractivity contribution in [2.75, 3.05) is 33.4 Å². The number of allylic oxidation sites excluding steroid dienone is 2. The van der Waals surface area contributed by atoms with Crippen molar-refractivity contribution in [1.82, 2.24) is 9.97 Å². The van der Waals surface area contributed by atoms with Gasteiger partial charge in [0.05, 0.1) is 57.2 Å². The molecule has 2 aromatic heterocycles. The molecule has 8 nitrogen and oxygen atoms in total. The normalized spacial score (nSPS) is 16.2. The number of aryl methyl sites for hydroxylation is 1. The molecule has 0 radical (unpaired) electrons. The van der Waals surface area contributed by atoms with E-state index in [0.29, 0.717) is 19.4 Å². The second kappa shape index (κ2) is 12.1. The van der Waals surface area contributed by atoms with Crippen LogP contribution in [0.25, 0.3) is 6.08 Å². The summed E-state index contributed by atoms with van der Waals surface area (Å²) in [7, 11) is 0.641. The molecule has 10 heteroatoms. The third kappa shape index (κ3) is 9.42. The number of rotatable bonds is 13. The van der Waals surface area contributed by atoms with E-state index in [-0.39, 0.29) is 10.8 Å². The monoisotopic (exact) mass is 575 g/mol. The molecule has 0 spiro atoms. The van der Waals surface area contributed by atoms with Crippen LogP contribution in [0.5, 0.6) is 0 Å². The number of H-pyrrole nitrogens is 2. The molecule has 0 fully saturated rings. The summed E-state index contributed by atoms with van der Waals surface area (Å²) in [6.45, 7) is 12.6. The molecule has 0 atom stereocenters. The molecule has 0 aliphatic carbocycles. The van der Waals surface area contributed by atoms with Gasteiger partial charge in [-0.1, -0.05) is 20.8 Å². The SMILES string of the molecule is CC(C)(C)[Si](C)(C)OCc1cc(CCCS(=O)(=O)O)c(C=C2N=C(c3ccc[nH]3)C=C2CCC[N+](C)(C)C)[nH]1. The molecule has 2 aromatic rings. The molecule has 0 aromatic carbocycles. The summed E-state index contributed by atoms with van der Waals surface area (Å²) in [6.07, 6.45) is 8.94. The molecule has 3 heterocycles. The lowest BCUT2D eigenvalue weighted by atomic mass is 10.0. The van der Waals surface area contributed by atoms with Gasteiger partial charge in [0, 0.05) is 24.0 Å². The zero-order chi connectivity index (χ0) is 29.1. The van der Waals surface area contributed by atoms with Gasteiger partial charge in [0.25, 0.3) is 10.1 Å². The van der Waals surface area contributed by atoms with Crippen LogP contribution in [0.15, 0.2) is 46.7 Å². The van der Waals surface area contributed by atoms with Gasteiger partial charge in [-0.2, -0.15) is 8.42 Å². The molecule has 0 bridgehead atoms. The summed E-state index contributed by atoms with van der Waals surface area (Å²) >= 11 is 0. The highest BCUT2D eigenvalue weighted by molar-refractivity contribution is 7.85. The number of hydrogen-bond acceptors (Lipinski definition) is 4. The van der Waals surface area contributed by atoms with Gasteiger partial charge in [-0.3, -0.25) is 4.55 Å². The van der Waals surface area contributed by atoms with Gasteiger partial charge in [-0.05, 0) is 78.9 Å². The Labute approximate surface area is 235 Å². The van der Waals surface area contributed by atoms with E-state index in [0.717, 1.165) is 57.9 Å². The fourth-order valence-electron chi connectivity index (χ4n) is 4.22.